The number of carbonyl (C=O) groups excluding carboxylic acids is 2. The number of aliphatic hydroxyl groups is 1. The Bertz CT molecular complexity index is 1350. The third-order valence-electron chi connectivity index (χ3n) is 7.39. The lowest BCUT2D eigenvalue weighted by Gasteiger charge is -2.38. The number of aliphatic hydroxyl groups excluding tert-OH is 1. The van der Waals surface area contributed by atoms with E-state index in [0.29, 0.717) is 48.1 Å². The van der Waals surface area contributed by atoms with Gasteiger partial charge in [-0.1, -0.05) is 25.1 Å². The predicted molar refractivity (Wildman–Crippen MR) is 163 cm³/mol. The van der Waals surface area contributed by atoms with Gasteiger partial charge in [0.2, 0.25) is 0 Å². The molecule has 0 aromatic heterocycles. The van der Waals surface area contributed by atoms with Crippen LogP contribution in [0.4, 0.5) is 16.2 Å². The summed E-state index contributed by atoms with van der Waals surface area (Å²) in [5.41, 5.74) is 2.41. The normalized spacial score (nSPS) is 17.4. The first-order valence-electron chi connectivity index (χ1n) is 14.0. The van der Waals surface area contributed by atoms with Crippen LogP contribution in [0.25, 0.3) is 0 Å². The third-order valence-corrected chi connectivity index (χ3v) is 7.39. The smallest absolute Gasteiger partial charge is 0.323 e. The lowest BCUT2D eigenvalue weighted by atomic mass is 9.99. The monoisotopic (exact) mass is 576 g/mol. The lowest BCUT2D eigenvalue weighted by Crippen LogP contribution is -2.49. The van der Waals surface area contributed by atoms with Crippen molar-refractivity contribution in [1.82, 2.24) is 9.80 Å². The fraction of sp³-hybridized carbons (Fsp3) is 0.375. The molecule has 10 nitrogen and oxygen atoms in total. The molecule has 0 aliphatic carbocycles. The van der Waals surface area contributed by atoms with E-state index in [0.717, 1.165) is 11.3 Å². The summed E-state index contributed by atoms with van der Waals surface area (Å²) < 4.78 is 17.1. The Kier molecular flexibility index (Phi) is 10.3. The number of para-hydroxylation sites is 1. The number of methoxy groups -OCH3 is 2. The van der Waals surface area contributed by atoms with Gasteiger partial charge in [0, 0.05) is 31.2 Å². The van der Waals surface area contributed by atoms with Crippen molar-refractivity contribution in [2.75, 3.05) is 51.6 Å². The molecular weight excluding hydrogens is 536 g/mol. The average Bonchev–Trinajstić information content (AvgIpc) is 2.99. The van der Waals surface area contributed by atoms with Gasteiger partial charge in [0.15, 0.2) is 5.75 Å². The first kappa shape index (κ1) is 30.7. The molecule has 3 amide bonds. The number of hydrogen-bond donors (Lipinski definition) is 3. The Labute approximate surface area is 247 Å². The van der Waals surface area contributed by atoms with E-state index in [1.165, 1.54) is 0 Å². The van der Waals surface area contributed by atoms with E-state index in [-0.39, 0.29) is 24.5 Å². The average molecular weight is 577 g/mol. The fourth-order valence-electron chi connectivity index (χ4n) is 4.93. The van der Waals surface area contributed by atoms with E-state index >= 15 is 0 Å². The fourth-order valence-corrected chi connectivity index (χ4v) is 4.93. The summed E-state index contributed by atoms with van der Waals surface area (Å²) >= 11 is 0. The molecule has 1 heterocycles. The number of fused-ring (bicyclic) bond motifs is 1. The van der Waals surface area contributed by atoms with Crippen LogP contribution in [0.5, 0.6) is 17.2 Å². The Morgan fingerprint density at radius 2 is 1.69 bits per heavy atom. The second kappa shape index (κ2) is 14.1. The van der Waals surface area contributed by atoms with Gasteiger partial charge >= 0.3 is 6.03 Å². The zero-order valence-electron chi connectivity index (χ0n) is 24.8. The van der Waals surface area contributed by atoms with Gasteiger partial charge in [-0.2, -0.15) is 0 Å². The van der Waals surface area contributed by atoms with Gasteiger partial charge in [-0.3, -0.25) is 9.69 Å². The second-order valence-electron chi connectivity index (χ2n) is 10.7. The number of rotatable bonds is 10. The quantitative estimate of drug-likeness (QED) is 0.321. The molecule has 0 fully saturated rings. The number of likely N-dealkylation sites (N-methyl/N-ethyl adjacent to an activating group) is 1. The summed E-state index contributed by atoms with van der Waals surface area (Å²) in [7, 11) is 5.24. The van der Waals surface area contributed by atoms with Gasteiger partial charge in [-0.25, -0.2) is 4.79 Å². The molecule has 3 aromatic rings. The number of nitrogens with zero attached hydrogens (tertiary/aromatic N) is 2. The molecule has 42 heavy (non-hydrogen) atoms. The lowest BCUT2D eigenvalue weighted by molar-refractivity contribution is 0.0343. The largest absolute Gasteiger partial charge is 0.497 e. The zero-order valence-corrected chi connectivity index (χ0v) is 24.8. The third kappa shape index (κ3) is 7.51. The molecule has 1 aliphatic rings. The van der Waals surface area contributed by atoms with E-state index in [1.807, 2.05) is 45.2 Å². The van der Waals surface area contributed by atoms with Crippen molar-refractivity contribution < 1.29 is 28.9 Å². The highest BCUT2D eigenvalue weighted by atomic mass is 16.5. The summed E-state index contributed by atoms with van der Waals surface area (Å²) in [6.45, 7) is 5.35. The molecule has 10 heteroatoms. The molecule has 3 N–H and O–H groups in total. The van der Waals surface area contributed by atoms with Crippen LogP contribution >= 0.6 is 0 Å². The van der Waals surface area contributed by atoms with Crippen molar-refractivity contribution in [2.24, 2.45) is 5.92 Å². The molecule has 0 bridgehead atoms. The minimum absolute atomic E-state index is 0.0735. The molecular formula is C32H40N4O6. The first-order chi connectivity index (χ1) is 20.2. The molecule has 0 radical (unpaired) electrons. The topological polar surface area (TPSA) is 113 Å². The van der Waals surface area contributed by atoms with E-state index < -0.39 is 12.1 Å². The summed E-state index contributed by atoms with van der Waals surface area (Å²) in [6, 6.07) is 19.1. The van der Waals surface area contributed by atoms with Crippen LogP contribution in [0, 0.1) is 5.92 Å². The minimum Gasteiger partial charge on any atom is -0.497 e. The standard InChI is InChI=1S/C32H40N4O6/c1-21-17-36(22(2)20-37)31(38)27-7-6-8-28(34-32(39)33-24-11-15-26(41-5)16-12-24)30(27)42-29(21)19-35(3)18-23-9-13-25(40-4)14-10-23/h6-16,21-22,29,37H,17-20H2,1-5H3,(H2,33,34,39)/t21-,22-,29+/m0/s1. The van der Waals surface area contributed by atoms with Crippen LogP contribution in [0.1, 0.15) is 29.8 Å². The van der Waals surface area contributed by atoms with Crippen LogP contribution in [0.3, 0.4) is 0 Å². The van der Waals surface area contributed by atoms with Crippen molar-refractivity contribution in [3.05, 3.63) is 77.9 Å². The molecule has 0 unspecified atom stereocenters. The number of hydrogen-bond acceptors (Lipinski definition) is 7. The first-order valence-corrected chi connectivity index (χ1v) is 14.0. The molecule has 224 valence electrons. The van der Waals surface area contributed by atoms with Gasteiger partial charge in [-0.15, -0.1) is 0 Å². The Morgan fingerprint density at radius 3 is 2.31 bits per heavy atom. The van der Waals surface area contributed by atoms with Crippen LogP contribution < -0.4 is 24.8 Å². The van der Waals surface area contributed by atoms with Crippen molar-refractivity contribution in [3.63, 3.8) is 0 Å². The van der Waals surface area contributed by atoms with Crippen LogP contribution in [0.15, 0.2) is 66.7 Å². The van der Waals surface area contributed by atoms with Gasteiger partial charge in [0.25, 0.3) is 5.91 Å². The van der Waals surface area contributed by atoms with E-state index in [4.69, 9.17) is 14.2 Å². The maximum atomic E-state index is 13.7. The second-order valence-corrected chi connectivity index (χ2v) is 10.7. The van der Waals surface area contributed by atoms with Crippen LogP contribution in [-0.2, 0) is 6.54 Å². The summed E-state index contributed by atoms with van der Waals surface area (Å²) in [6.07, 6.45) is -0.318. The number of carbonyl (C=O) groups is 2. The summed E-state index contributed by atoms with van der Waals surface area (Å²) in [4.78, 5) is 30.6. The number of nitrogens with one attached hydrogen (secondary N) is 2. The van der Waals surface area contributed by atoms with Crippen molar-refractivity contribution in [1.29, 1.82) is 0 Å². The van der Waals surface area contributed by atoms with Gasteiger partial charge in [0.05, 0.1) is 38.1 Å². The number of urea groups is 1. The maximum absolute atomic E-state index is 13.7. The van der Waals surface area contributed by atoms with Crippen molar-refractivity contribution >= 4 is 23.3 Å². The molecule has 3 atom stereocenters. The number of anilines is 2. The molecule has 1 aliphatic heterocycles. The molecule has 0 saturated heterocycles. The highest BCUT2D eigenvalue weighted by Crippen LogP contribution is 2.35. The number of benzene rings is 3. The number of ether oxygens (including phenoxy) is 3. The van der Waals surface area contributed by atoms with Gasteiger partial charge < -0.3 is 34.9 Å². The van der Waals surface area contributed by atoms with E-state index in [1.54, 1.807) is 61.6 Å². The Balaban J connectivity index is 1.60. The molecule has 4 rings (SSSR count). The van der Waals surface area contributed by atoms with Gasteiger partial charge in [0.1, 0.15) is 17.6 Å². The van der Waals surface area contributed by atoms with E-state index in [9.17, 15) is 14.7 Å². The van der Waals surface area contributed by atoms with Gasteiger partial charge in [-0.05, 0) is 68.1 Å². The highest BCUT2D eigenvalue weighted by Gasteiger charge is 2.34. The SMILES string of the molecule is COc1ccc(CN(C)C[C@H]2Oc3c(NC(=O)Nc4ccc(OC)cc4)cccc3C(=O)N([C@@H](C)CO)C[C@@H]2C)cc1. The summed E-state index contributed by atoms with van der Waals surface area (Å²) in [5, 5.41) is 15.6. The highest BCUT2D eigenvalue weighted by molar-refractivity contribution is 6.04. The van der Waals surface area contributed by atoms with Crippen LogP contribution in [0.2, 0.25) is 0 Å². The van der Waals surface area contributed by atoms with Crippen LogP contribution in [-0.4, -0.2) is 80.0 Å². The van der Waals surface area contributed by atoms with Crippen molar-refractivity contribution in [3.8, 4) is 17.2 Å². The Hall–Kier alpha value is -4.28. The predicted octanol–water partition coefficient (Wildman–Crippen LogP) is 4.70. The molecule has 3 aromatic carbocycles. The summed E-state index contributed by atoms with van der Waals surface area (Å²) in [5.74, 6) is 1.44. The number of amides is 3. The zero-order chi connectivity index (χ0) is 30.2. The Morgan fingerprint density at radius 1 is 1.05 bits per heavy atom. The molecule has 0 saturated carbocycles. The van der Waals surface area contributed by atoms with Crippen molar-refractivity contribution in [2.45, 2.75) is 32.5 Å². The minimum atomic E-state index is -0.478. The molecule has 0 spiro atoms. The van der Waals surface area contributed by atoms with E-state index in [2.05, 4.69) is 15.5 Å². The maximum Gasteiger partial charge on any atom is 0.323 e.